The summed E-state index contributed by atoms with van der Waals surface area (Å²) in [5.41, 5.74) is 1.23. The van der Waals surface area contributed by atoms with Gasteiger partial charge < -0.3 is 26.0 Å². The van der Waals surface area contributed by atoms with E-state index in [0.29, 0.717) is 44.0 Å². The van der Waals surface area contributed by atoms with Crippen molar-refractivity contribution in [1.82, 2.24) is 21.3 Å². The molecule has 2 aromatic rings. The molecule has 1 fully saturated rings. The number of halogens is 1. The van der Waals surface area contributed by atoms with Gasteiger partial charge in [-0.15, -0.1) is 0 Å². The lowest BCUT2D eigenvalue weighted by Gasteiger charge is -2.33. The van der Waals surface area contributed by atoms with Crippen LogP contribution in [0.15, 0.2) is 48.5 Å². The molecule has 0 radical (unpaired) electrons. The minimum absolute atomic E-state index is 0.0710. The number of nitrogens with one attached hydrogen (secondary N) is 4. The van der Waals surface area contributed by atoms with Gasteiger partial charge in [0.25, 0.3) is 0 Å². The highest BCUT2D eigenvalue weighted by atomic mass is 35.5. The molecule has 0 spiro atoms. The highest BCUT2D eigenvalue weighted by Crippen LogP contribution is 2.31. The largest absolute Gasteiger partial charge is 0.492 e. The van der Waals surface area contributed by atoms with E-state index in [-0.39, 0.29) is 29.7 Å². The third-order valence-corrected chi connectivity index (χ3v) is 8.61. The number of carbonyl (C=O) groups excluding carboxylic acids is 3. The second-order valence-corrected chi connectivity index (χ2v) is 12.5. The fourth-order valence-electron chi connectivity index (χ4n) is 5.80. The quantitative estimate of drug-likeness (QED) is 0.143. The van der Waals surface area contributed by atoms with Crippen LogP contribution in [0.2, 0.25) is 5.02 Å². The molecule has 4 N–H and O–H groups in total. The second kappa shape index (κ2) is 17.3. The SMILES string of the molecule is CCC(C)C(NCCOc1ccccc1CC(C)CNC=O)C(=O)NC1(C(=O)N[C@@H](C)Cc2cccc(Cl)c2)CCCC1. The molecule has 9 heteroatoms. The summed E-state index contributed by atoms with van der Waals surface area (Å²) in [5, 5.41) is 13.2. The van der Waals surface area contributed by atoms with Crippen molar-refractivity contribution in [3.05, 3.63) is 64.7 Å². The minimum atomic E-state index is -0.905. The molecule has 0 bridgehead atoms. The highest BCUT2D eigenvalue weighted by molar-refractivity contribution is 6.30. The van der Waals surface area contributed by atoms with Crippen LogP contribution in [0.1, 0.15) is 70.9 Å². The minimum Gasteiger partial charge on any atom is -0.492 e. The summed E-state index contributed by atoms with van der Waals surface area (Å²) in [5.74, 6) is 0.882. The van der Waals surface area contributed by atoms with Crippen LogP contribution in [0.4, 0.5) is 0 Å². The standard InChI is InChI=1S/C34H49ClN4O4/c1-5-25(3)31(37-17-18-43-30-14-7-6-12-28(30)19-24(2)22-36-23-40)32(41)39-34(15-8-9-16-34)33(42)38-26(4)20-27-11-10-13-29(35)21-27/h6-7,10-14,21,23-26,31,37H,5,8-9,15-20,22H2,1-4H3,(H,36,40)(H,38,42)(H,39,41)/t24?,25?,26-,31?/m0/s1. The van der Waals surface area contributed by atoms with Crippen LogP contribution in [-0.2, 0) is 27.2 Å². The molecule has 0 aliphatic heterocycles. The van der Waals surface area contributed by atoms with Crippen molar-refractivity contribution in [2.45, 2.75) is 90.3 Å². The number of para-hydroxylation sites is 1. The van der Waals surface area contributed by atoms with Gasteiger partial charge in [-0.05, 0) is 73.8 Å². The fourth-order valence-corrected chi connectivity index (χ4v) is 6.02. The number of carbonyl (C=O) groups is 3. The summed E-state index contributed by atoms with van der Waals surface area (Å²) >= 11 is 6.14. The molecule has 2 aromatic carbocycles. The highest BCUT2D eigenvalue weighted by Gasteiger charge is 2.44. The predicted molar refractivity (Wildman–Crippen MR) is 172 cm³/mol. The van der Waals surface area contributed by atoms with Gasteiger partial charge in [0, 0.05) is 24.2 Å². The van der Waals surface area contributed by atoms with Crippen molar-refractivity contribution in [3.63, 3.8) is 0 Å². The molecule has 236 valence electrons. The number of hydrogen-bond donors (Lipinski definition) is 4. The smallest absolute Gasteiger partial charge is 0.245 e. The van der Waals surface area contributed by atoms with E-state index >= 15 is 0 Å². The normalized spacial score (nSPS) is 16.9. The van der Waals surface area contributed by atoms with Gasteiger partial charge in [0.05, 0.1) is 6.04 Å². The molecular weight excluding hydrogens is 564 g/mol. The average molecular weight is 613 g/mol. The van der Waals surface area contributed by atoms with Crippen molar-refractivity contribution < 1.29 is 19.1 Å². The van der Waals surface area contributed by atoms with E-state index in [2.05, 4.69) is 42.0 Å². The molecule has 1 saturated carbocycles. The molecule has 0 aromatic heterocycles. The van der Waals surface area contributed by atoms with E-state index in [1.165, 1.54) is 0 Å². The summed E-state index contributed by atoms with van der Waals surface area (Å²) in [6.45, 7) is 9.66. The Kier molecular flexibility index (Phi) is 13.8. The Morgan fingerprint density at radius 3 is 2.49 bits per heavy atom. The molecule has 43 heavy (non-hydrogen) atoms. The molecule has 3 amide bonds. The Morgan fingerprint density at radius 1 is 1.05 bits per heavy atom. The monoisotopic (exact) mass is 612 g/mol. The van der Waals surface area contributed by atoms with Gasteiger partial charge in [-0.2, -0.15) is 0 Å². The Hall–Kier alpha value is -3.10. The maximum Gasteiger partial charge on any atom is 0.245 e. The molecule has 4 atom stereocenters. The molecule has 8 nitrogen and oxygen atoms in total. The Bertz CT molecular complexity index is 1190. The lowest BCUT2D eigenvalue weighted by molar-refractivity contribution is -0.135. The van der Waals surface area contributed by atoms with Crippen molar-refractivity contribution in [2.24, 2.45) is 11.8 Å². The van der Waals surface area contributed by atoms with E-state index in [4.69, 9.17) is 16.3 Å². The molecule has 1 aliphatic carbocycles. The Labute approximate surface area is 262 Å². The van der Waals surface area contributed by atoms with Crippen LogP contribution in [-0.4, -0.2) is 55.5 Å². The zero-order valence-electron chi connectivity index (χ0n) is 26.1. The average Bonchev–Trinajstić information content (AvgIpc) is 3.46. The molecule has 0 heterocycles. The Morgan fingerprint density at radius 2 is 1.79 bits per heavy atom. The summed E-state index contributed by atoms with van der Waals surface area (Å²) < 4.78 is 6.12. The lowest BCUT2D eigenvalue weighted by atomic mass is 9.92. The van der Waals surface area contributed by atoms with Crippen molar-refractivity contribution in [2.75, 3.05) is 19.7 Å². The first-order valence-electron chi connectivity index (χ1n) is 15.7. The van der Waals surface area contributed by atoms with Crippen molar-refractivity contribution >= 4 is 29.8 Å². The first kappa shape index (κ1) is 34.4. The van der Waals surface area contributed by atoms with E-state index < -0.39 is 11.6 Å². The maximum atomic E-state index is 13.7. The van der Waals surface area contributed by atoms with E-state index in [1.54, 1.807) is 0 Å². The summed E-state index contributed by atoms with van der Waals surface area (Å²) in [7, 11) is 0. The topological polar surface area (TPSA) is 109 Å². The summed E-state index contributed by atoms with van der Waals surface area (Å²) in [6, 6.07) is 15.0. The lowest BCUT2D eigenvalue weighted by Crippen LogP contribution is -2.62. The second-order valence-electron chi connectivity index (χ2n) is 12.1. The van der Waals surface area contributed by atoms with Crippen molar-refractivity contribution in [3.8, 4) is 5.75 Å². The fraction of sp³-hybridized carbons (Fsp3) is 0.559. The van der Waals surface area contributed by atoms with E-state index in [9.17, 15) is 14.4 Å². The Balaban J connectivity index is 1.58. The van der Waals surface area contributed by atoms with Crippen molar-refractivity contribution in [1.29, 1.82) is 0 Å². The van der Waals surface area contributed by atoms with Crippen LogP contribution >= 0.6 is 11.6 Å². The number of ether oxygens (including phenoxy) is 1. The molecule has 1 aliphatic rings. The molecule has 3 rings (SSSR count). The van der Waals surface area contributed by atoms with Gasteiger partial charge in [0.15, 0.2) is 0 Å². The van der Waals surface area contributed by atoms with Gasteiger partial charge in [-0.25, -0.2) is 0 Å². The first-order valence-corrected chi connectivity index (χ1v) is 16.0. The van der Waals surface area contributed by atoms with Crippen LogP contribution in [0, 0.1) is 11.8 Å². The zero-order chi connectivity index (χ0) is 31.2. The van der Waals surface area contributed by atoms with E-state index in [0.717, 1.165) is 49.0 Å². The third kappa shape index (κ3) is 10.5. The van der Waals surface area contributed by atoms with Crippen LogP contribution in [0.25, 0.3) is 0 Å². The first-order chi connectivity index (χ1) is 20.7. The van der Waals surface area contributed by atoms with Crippen LogP contribution < -0.4 is 26.0 Å². The van der Waals surface area contributed by atoms with Gasteiger partial charge in [0.2, 0.25) is 18.2 Å². The summed E-state index contributed by atoms with van der Waals surface area (Å²) in [6.07, 6.45) is 6.03. The predicted octanol–water partition coefficient (Wildman–Crippen LogP) is 4.82. The van der Waals surface area contributed by atoms with Crippen LogP contribution in [0.3, 0.4) is 0 Å². The molecule has 0 saturated heterocycles. The number of amides is 3. The van der Waals surface area contributed by atoms with Gasteiger partial charge in [-0.1, -0.05) is 82.0 Å². The summed E-state index contributed by atoms with van der Waals surface area (Å²) in [4.78, 5) is 38.0. The third-order valence-electron chi connectivity index (χ3n) is 8.37. The van der Waals surface area contributed by atoms with Crippen LogP contribution in [0.5, 0.6) is 5.75 Å². The molecule has 3 unspecified atom stereocenters. The van der Waals surface area contributed by atoms with Gasteiger partial charge >= 0.3 is 0 Å². The number of benzene rings is 2. The molecular formula is C34H49ClN4O4. The number of rotatable bonds is 18. The number of hydrogen-bond acceptors (Lipinski definition) is 5. The zero-order valence-corrected chi connectivity index (χ0v) is 26.8. The van der Waals surface area contributed by atoms with E-state index in [1.807, 2.05) is 55.5 Å². The van der Waals surface area contributed by atoms with Gasteiger partial charge in [0.1, 0.15) is 17.9 Å². The maximum absolute atomic E-state index is 13.7. The van der Waals surface area contributed by atoms with Gasteiger partial charge in [-0.3, -0.25) is 14.4 Å².